The molecule has 0 aliphatic carbocycles. The van der Waals surface area contributed by atoms with Gasteiger partial charge in [0.1, 0.15) is 12.1 Å². The van der Waals surface area contributed by atoms with Gasteiger partial charge in [-0.2, -0.15) is 0 Å². The van der Waals surface area contributed by atoms with Crippen LogP contribution in [0.2, 0.25) is 0 Å². The molecular formula is C17H25N5S. The van der Waals surface area contributed by atoms with Crippen LogP contribution in [0.3, 0.4) is 0 Å². The van der Waals surface area contributed by atoms with Crippen molar-refractivity contribution in [3.05, 3.63) is 17.3 Å². The van der Waals surface area contributed by atoms with E-state index in [1.54, 1.807) is 17.7 Å². The van der Waals surface area contributed by atoms with Gasteiger partial charge in [0.15, 0.2) is 0 Å². The lowest BCUT2D eigenvalue weighted by molar-refractivity contribution is 0.106. The molecule has 0 aromatic carbocycles. The van der Waals surface area contributed by atoms with Crippen LogP contribution in [0.1, 0.15) is 18.4 Å². The average molecular weight is 331 g/mol. The van der Waals surface area contributed by atoms with Gasteiger partial charge in [-0.1, -0.05) is 0 Å². The molecule has 2 aliphatic rings. The first kappa shape index (κ1) is 15.3. The Kier molecular flexibility index (Phi) is 4.22. The van der Waals surface area contributed by atoms with E-state index < -0.39 is 0 Å². The zero-order valence-corrected chi connectivity index (χ0v) is 14.8. The van der Waals surface area contributed by atoms with Gasteiger partial charge in [0.2, 0.25) is 0 Å². The van der Waals surface area contributed by atoms with E-state index in [2.05, 4.69) is 44.0 Å². The molecule has 0 amide bonds. The summed E-state index contributed by atoms with van der Waals surface area (Å²) in [7, 11) is 2.25. The van der Waals surface area contributed by atoms with E-state index in [0.717, 1.165) is 43.6 Å². The van der Waals surface area contributed by atoms with Crippen molar-refractivity contribution in [2.45, 2.75) is 25.8 Å². The minimum atomic E-state index is 0.741. The molecule has 4 heterocycles. The van der Waals surface area contributed by atoms with Gasteiger partial charge in [-0.25, -0.2) is 9.97 Å². The van der Waals surface area contributed by atoms with Crippen LogP contribution in [-0.4, -0.2) is 72.1 Å². The van der Waals surface area contributed by atoms with E-state index in [1.807, 2.05) is 0 Å². The van der Waals surface area contributed by atoms with Crippen molar-refractivity contribution < 1.29 is 0 Å². The van der Waals surface area contributed by atoms with E-state index in [4.69, 9.17) is 0 Å². The van der Waals surface area contributed by atoms with Gasteiger partial charge in [0.05, 0.1) is 10.2 Å². The molecule has 2 aromatic heterocycles. The fourth-order valence-corrected chi connectivity index (χ4v) is 4.94. The van der Waals surface area contributed by atoms with Crippen LogP contribution in [0.15, 0.2) is 11.7 Å². The molecule has 0 bridgehead atoms. The molecule has 2 saturated heterocycles. The molecule has 2 aliphatic heterocycles. The third-order valence-corrected chi connectivity index (χ3v) is 6.32. The van der Waals surface area contributed by atoms with Crippen molar-refractivity contribution in [3.8, 4) is 0 Å². The second-order valence-electron chi connectivity index (χ2n) is 6.88. The third-order valence-electron chi connectivity index (χ3n) is 5.24. The highest BCUT2D eigenvalue weighted by atomic mass is 32.1. The van der Waals surface area contributed by atoms with Crippen molar-refractivity contribution in [1.82, 2.24) is 19.8 Å². The first-order valence-electron chi connectivity index (χ1n) is 8.58. The van der Waals surface area contributed by atoms with E-state index in [-0.39, 0.29) is 0 Å². The second-order valence-corrected chi connectivity index (χ2v) is 7.75. The molecule has 1 unspecified atom stereocenters. The molecule has 5 nitrogen and oxygen atoms in total. The zero-order valence-electron chi connectivity index (χ0n) is 14.0. The van der Waals surface area contributed by atoms with Gasteiger partial charge in [-0.3, -0.25) is 4.90 Å². The van der Waals surface area contributed by atoms with Gasteiger partial charge >= 0.3 is 0 Å². The highest BCUT2D eigenvalue weighted by molar-refractivity contribution is 7.18. The molecule has 2 fully saturated rings. The number of likely N-dealkylation sites (N-methyl/N-ethyl adjacent to an activating group) is 1. The van der Waals surface area contributed by atoms with Gasteiger partial charge in [0.25, 0.3) is 0 Å². The summed E-state index contributed by atoms with van der Waals surface area (Å²) in [6.07, 6.45) is 4.41. The van der Waals surface area contributed by atoms with Crippen molar-refractivity contribution >= 4 is 27.4 Å². The predicted octanol–water partition coefficient (Wildman–Crippen LogP) is 2.22. The molecular weight excluding hydrogens is 306 g/mol. The number of piperidine rings is 1. The summed E-state index contributed by atoms with van der Waals surface area (Å²) < 4.78 is 1.25. The van der Waals surface area contributed by atoms with Crippen LogP contribution in [0.25, 0.3) is 10.2 Å². The Morgan fingerprint density at radius 1 is 1.13 bits per heavy atom. The lowest BCUT2D eigenvalue weighted by Crippen LogP contribution is -2.54. The monoisotopic (exact) mass is 331 g/mol. The van der Waals surface area contributed by atoms with Crippen molar-refractivity contribution in [2.75, 3.05) is 51.2 Å². The molecule has 0 radical (unpaired) electrons. The number of fused-ring (bicyclic) bond motifs is 1. The van der Waals surface area contributed by atoms with Crippen LogP contribution >= 0.6 is 11.3 Å². The van der Waals surface area contributed by atoms with Gasteiger partial charge in [-0.15, -0.1) is 11.3 Å². The molecule has 0 spiro atoms. The molecule has 0 saturated carbocycles. The molecule has 2 aromatic rings. The minimum Gasteiger partial charge on any atom is -0.353 e. The molecule has 4 rings (SSSR count). The number of hydrogen-bond acceptors (Lipinski definition) is 6. The standard InChI is InChI=1S/C17H25N5S/c1-13-11-23-16-15(13)18-12-19-17(16)22-8-6-21(7-9-22)14-4-3-5-20(2)10-14/h11-12,14H,3-10H2,1-2H3. The first-order valence-corrected chi connectivity index (χ1v) is 9.46. The summed E-state index contributed by atoms with van der Waals surface area (Å²) in [5.74, 6) is 1.13. The van der Waals surface area contributed by atoms with E-state index >= 15 is 0 Å². The summed E-state index contributed by atoms with van der Waals surface area (Å²) in [6, 6.07) is 0.741. The minimum absolute atomic E-state index is 0.741. The Balaban J connectivity index is 1.46. The Hall–Kier alpha value is -1.24. The normalized spacial score (nSPS) is 24.4. The van der Waals surface area contributed by atoms with Gasteiger partial charge in [-0.05, 0) is 44.3 Å². The summed E-state index contributed by atoms with van der Waals surface area (Å²) in [5.41, 5.74) is 2.38. The molecule has 23 heavy (non-hydrogen) atoms. The number of anilines is 1. The number of aromatic nitrogens is 2. The number of aryl methyl sites for hydroxylation is 1. The molecule has 124 valence electrons. The maximum atomic E-state index is 4.59. The number of likely N-dealkylation sites (tertiary alicyclic amines) is 1. The van der Waals surface area contributed by atoms with Gasteiger partial charge in [0, 0.05) is 38.8 Å². The number of rotatable bonds is 2. The predicted molar refractivity (Wildman–Crippen MR) is 96.5 cm³/mol. The molecule has 0 N–H and O–H groups in total. The molecule has 6 heteroatoms. The second kappa shape index (κ2) is 6.34. The average Bonchev–Trinajstić information content (AvgIpc) is 2.97. The fraction of sp³-hybridized carbons (Fsp3) is 0.647. The maximum Gasteiger partial charge on any atom is 0.150 e. The highest BCUT2D eigenvalue weighted by Crippen LogP contribution is 2.31. The number of thiophene rings is 1. The van der Waals surface area contributed by atoms with Crippen molar-refractivity contribution in [2.24, 2.45) is 0 Å². The Morgan fingerprint density at radius 2 is 1.96 bits per heavy atom. The van der Waals surface area contributed by atoms with Crippen LogP contribution in [0.4, 0.5) is 5.82 Å². The lowest BCUT2D eigenvalue weighted by atomic mass is 10.0. The lowest BCUT2D eigenvalue weighted by Gasteiger charge is -2.43. The van der Waals surface area contributed by atoms with E-state index in [0.29, 0.717) is 0 Å². The Morgan fingerprint density at radius 3 is 2.74 bits per heavy atom. The summed E-state index contributed by atoms with van der Waals surface area (Å²) in [5, 5.41) is 2.19. The Labute approximate surface area is 141 Å². The smallest absolute Gasteiger partial charge is 0.150 e. The van der Waals surface area contributed by atoms with Crippen molar-refractivity contribution in [3.63, 3.8) is 0 Å². The van der Waals surface area contributed by atoms with Crippen LogP contribution in [-0.2, 0) is 0 Å². The first-order chi connectivity index (χ1) is 11.2. The van der Waals surface area contributed by atoms with Crippen LogP contribution in [0.5, 0.6) is 0 Å². The fourth-order valence-electron chi connectivity index (χ4n) is 3.92. The van der Waals surface area contributed by atoms with Gasteiger partial charge < -0.3 is 9.80 Å². The number of nitrogens with zero attached hydrogens (tertiary/aromatic N) is 5. The quantitative estimate of drug-likeness (QED) is 0.843. The Bertz CT molecular complexity index is 677. The maximum absolute atomic E-state index is 4.59. The largest absolute Gasteiger partial charge is 0.353 e. The number of hydrogen-bond donors (Lipinski definition) is 0. The van der Waals surface area contributed by atoms with E-state index in [9.17, 15) is 0 Å². The van der Waals surface area contributed by atoms with E-state index in [1.165, 1.54) is 36.2 Å². The number of piperazine rings is 1. The summed E-state index contributed by atoms with van der Waals surface area (Å²) in [6.45, 7) is 9.05. The van der Waals surface area contributed by atoms with Crippen LogP contribution in [0, 0.1) is 6.92 Å². The molecule has 1 atom stereocenters. The summed E-state index contributed by atoms with van der Waals surface area (Å²) in [4.78, 5) is 16.6. The van der Waals surface area contributed by atoms with Crippen molar-refractivity contribution in [1.29, 1.82) is 0 Å². The summed E-state index contributed by atoms with van der Waals surface area (Å²) >= 11 is 1.78. The highest BCUT2D eigenvalue weighted by Gasteiger charge is 2.28. The van der Waals surface area contributed by atoms with Crippen LogP contribution < -0.4 is 4.90 Å². The zero-order chi connectivity index (χ0) is 15.8. The topological polar surface area (TPSA) is 35.5 Å². The third kappa shape index (κ3) is 2.95. The SMILES string of the molecule is Cc1csc2c(N3CCN(C4CCCN(C)C4)CC3)ncnc12.